The second kappa shape index (κ2) is 7.91. The van der Waals surface area contributed by atoms with E-state index in [1.54, 1.807) is 12.1 Å². The molecule has 2 aromatic carbocycles. The van der Waals surface area contributed by atoms with E-state index in [0.717, 1.165) is 17.3 Å². The third-order valence-corrected chi connectivity index (χ3v) is 3.63. The highest BCUT2D eigenvalue weighted by atomic mass is 79.9. The van der Waals surface area contributed by atoms with Crippen LogP contribution in [-0.2, 0) is 6.42 Å². The van der Waals surface area contributed by atoms with Gasteiger partial charge in [0.15, 0.2) is 5.83 Å². The molecule has 112 valence electrons. The second-order valence-corrected chi connectivity index (χ2v) is 5.75. The Hall–Kier alpha value is -1.92. The quantitative estimate of drug-likeness (QED) is 0.583. The minimum atomic E-state index is -1.06. The van der Waals surface area contributed by atoms with Crippen LogP contribution in [0.1, 0.15) is 30.0 Å². The van der Waals surface area contributed by atoms with Crippen molar-refractivity contribution in [3.8, 4) is 11.8 Å². The largest absolute Gasteiger partial charge is 0.209 e. The second-order valence-electron chi connectivity index (χ2n) is 4.83. The predicted octanol–water partition coefficient (Wildman–Crippen LogP) is 6.06. The van der Waals surface area contributed by atoms with E-state index < -0.39 is 11.7 Å². The van der Waals surface area contributed by atoms with E-state index in [0.29, 0.717) is 5.56 Å². The first-order valence-corrected chi connectivity index (χ1v) is 7.81. The smallest absolute Gasteiger partial charge is 0.202 e. The van der Waals surface area contributed by atoms with Crippen LogP contribution < -0.4 is 0 Å². The third-order valence-electron chi connectivity index (χ3n) is 3.10. The summed E-state index contributed by atoms with van der Waals surface area (Å²) in [6.45, 7) is 2.11. The van der Waals surface area contributed by atoms with E-state index in [9.17, 15) is 8.78 Å². The van der Waals surface area contributed by atoms with Gasteiger partial charge in [0.25, 0.3) is 0 Å². The van der Waals surface area contributed by atoms with Crippen LogP contribution in [0.3, 0.4) is 0 Å². The van der Waals surface area contributed by atoms with Crippen molar-refractivity contribution < 1.29 is 8.78 Å². The lowest BCUT2D eigenvalue weighted by Crippen LogP contribution is -1.83. The van der Waals surface area contributed by atoms with E-state index >= 15 is 0 Å². The Morgan fingerprint density at radius 2 is 1.64 bits per heavy atom. The third kappa shape index (κ3) is 4.54. The molecule has 0 N–H and O–H groups in total. The molecule has 0 bridgehead atoms. The van der Waals surface area contributed by atoms with Crippen molar-refractivity contribution in [1.82, 2.24) is 0 Å². The van der Waals surface area contributed by atoms with Crippen molar-refractivity contribution in [3.05, 3.63) is 75.5 Å². The van der Waals surface area contributed by atoms with Crippen LogP contribution >= 0.6 is 15.9 Å². The van der Waals surface area contributed by atoms with E-state index in [2.05, 4.69) is 34.7 Å². The van der Waals surface area contributed by atoms with E-state index in [-0.39, 0.29) is 5.56 Å². The zero-order valence-corrected chi connectivity index (χ0v) is 13.8. The van der Waals surface area contributed by atoms with E-state index in [1.807, 2.05) is 24.3 Å². The average Bonchev–Trinajstić information content (AvgIpc) is 2.54. The van der Waals surface area contributed by atoms with Gasteiger partial charge < -0.3 is 0 Å². The lowest BCUT2D eigenvalue weighted by atomic mass is 10.1. The van der Waals surface area contributed by atoms with Crippen LogP contribution in [0.2, 0.25) is 0 Å². The van der Waals surface area contributed by atoms with Gasteiger partial charge in [-0.3, -0.25) is 0 Å². The number of allylic oxidation sites excluding steroid dienone is 1. The lowest BCUT2D eigenvalue weighted by molar-refractivity contribution is 0.635. The zero-order valence-electron chi connectivity index (χ0n) is 12.2. The molecule has 0 saturated heterocycles. The highest BCUT2D eigenvalue weighted by Gasteiger charge is 2.06. The van der Waals surface area contributed by atoms with Gasteiger partial charge in [-0.2, -0.15) is 4.39 Å². The monoisotopic (exact) mass is 360 g/mol. The van der Waals surface area contributed by atoms with Crippen LogP contribution in [0, 0.1) is 11.8 Å². The maximum atomic E-state index is 13.9. The Labute approximate surface area is 138 Å². The average molecular weight is 361 g/mol. The van der Waals surface area contributed by atoms with Gasteiger partial charge in [0, 0.05) is 15.6 Å². The molecular weight excluding hydrogens is 346 g/mol. The van der Waals surface area contributed by atoms with Crippen LogP contribution in [0.5, 0.6) is 0 Å². The molecule has 0 saturated carbocycles. The Morgan fingerprint density at radius 3 is 2.23 bits per heavy atom. The highest BCUT2D eigenvalue weighted by Crippen LogP contribution is 2.22. The first kappa shape index (κ1) is 16.5. The molecule has 0 aliphatic rings. The van der Waals surface area contributed by atoms with Gasteiger partial charge in [-0.05, 0) is 42.2 Å². The van der Waals surface area contributed by atoms with Gasteiger partial charge in [-0.25, -0.2) is 4.39 Å². The molecule has 0 fully saturated rings. The van der Waals surface area contributed by atoms with E-state index in [1.165, 1.54) is 17.7 Å². The Balaban J connectivity index is 2.18. The van der Waals surface area contributed by atoms with Crippen molar-refractivity contribution in [3.63, 3.8) is 0 Å². The molecule has 0 radical (unpaired) electrons. The van der Waals surface area contributed by atoms with Crippen molar-refractivity contribution in [2.24, 2.45) is 0 Å². The van der Waals surface area contributed by atoms with Crippen molar-refractivity contribution in [2.75, 3.05) is 0 Å². The molecule has 0 aliphatic heterocycles. The van der Waals surface area contributed by atoms with Crippen LogP contribution in [-0.4, -0.2) is 0 Å². The topological polar surface area (TPSA) is 0 Å². The fourth-order valence-electron chi connectivity index (χ4n) is 1.95. The summed E-state index contributed by atoms with van der Waals surface area (Å²) < 4.78 is 28.5. The lowest BCUT2D eigenvalue weighted by Gasteiger charge is -1.98. The van der Waals surface area contributed by atoms with Gasteiger partial charge in [-0.15, -0.1) is 0 Å². The molecule has 2 aromatic rings. The molecule has 3 heteroatoms. The molecule has 0 heterocycles. The molecule has 0 nitrogen and oxygen atoms in total. The summed E-state index contributed by atoms with van der Waals surface area (Å²) >= 11 is 3.25. The molecule has 0 aromatic heterocycles. The van der Waals surface area contributed by atoms with Gasteiger partial charge in [-0.1, -0.05) is 59.5 Å². The van der Waals surface area contributed by atoms with Gasteiger partial charge in [0.1, 0.15) is 0 Å². The molecule has 0 aliphatic carbocycles. The summed E-state index contributed by atoms with van der Waals surface area (Å²) in [6.07, 6.45) is 2.07. The van der Waals surface area contributed by atoms with Crippen molar-refractivity contribution in [1.29, 1.82) is 0 Å². The van der Waals surface area contributed by atoms with Crippen LogP contribution in [0.4, 0.5) is 8.78 Å². The fraction of sp³-hybridized carbons (Fsp3) is 0.158. The summed E-state index contributed by atoms with van der Waals surface area (Å²) in [6, 6.07) is 13.9. The number of aryl methyl sites for hydroxylation is 1. The maximum absolute atomic E-state index is 13.9. The highest BCUT2D eigenvalue weighted by molar-refractivity contribution is 9.10. The zero-order chi connectivity index (χ0) is 15.9. The summed E-state index contributed by atoms with van der Waals surface area (Å²) in [5.41, 5.74) is 2.05. The minimum absolute atomic E-state index is 0.174. The first-order valence-electron chi connectivity index (χ1n) is 7.02. The Bertz CT molecular complexity index is 717. The Morgan fingerprint density at radius 1 is 1.00 bits per heavy atom. The molecule has 22 heavy (non-hydrogen) atoms. The summed E-state index contributed by atoms with van der Waals surface area (Å²) in [5, 5.41) is 0. The molecule has 0 spiro atoms. The number of rotatable bonds is 3. The Kier molecular flexibility index (Phi) is 5.91. The number of hydrogen-bond donors (Lipinski definition) is 0. The minimum Gasteiger partial charge on any atom is -0.202 e. The van der Waals surface area contributed by atoms with E-state index in [4.69, 9.17) is 0 Å². The normalized spacial score (nSPS) is 11.5. The van der Waals surface area contributed by atoms with Gasteiger partial charge in [0.05, 0.1) is 0 Å². The van der Waals surface area contributed by atoms with Crippen molar-refractivity contribution in [2.45, 2.75) is 19.8 Å². The molecule has 0 unspecified atom stereocenters. The molecule has 0 atom stereocenters. The van der Waals surface area contributed by atoms with Crippen molar-refractivity contribution >= 4 is 21.8 Å². The summed E-state index contributed by atoms with van der Waals surface area (Å²) in [4.78, 5) is 0. The first-order chi connectivity index (χ1) is 10.6. The van der Waals surface area contributed by atoms with Crippen LogP contribution in [0.15, 0.2) is 58.8 Å². The predicted molar refractivity (Wildman–Crippen MR) is 90.6 cm³/mol. The standard InChI is InChI=1S/C19H15BrF2/c1-2-3-14-4-6-15(7-5-14)8-13-18(21)19(22)16-9-11-17(20)12-10-16/h4-7,9-12H,2-3H2,1H3/b19-18+. The summed E-state index contributed by atoms with van der Waals surface area (Å²) in [5.74, 6) is 2.89. The van der Waals surface area contributed by atoms with Crippen LogP contribution in [0.25, 0.3) is 5.83 Å². The van der Waals surface area contributed by atoms with Gasteiger partial charge >= 0.3 is 0 Å². The number of hydrogen-bond acceptors (Lipinski definition) is 0. The number of halogens is 3. The SMILES string of the molecule is CCCc1ccc(C#C/C(F)=C(\F)c2ccc(Br)cc2)cc1. The van der Waals surface area contributed by atoms with Gasteiger partial charge in [0.2, 0.25) is 5.83 Å². The number of benzene rings is 2. The molecular formula is C19H15BrF2. The molecule has 2 rings (SSSR count). The fourth-order valence-corrected chi connectivity index (χ4v) is 2.21. The maximum Gasteiger partial charge on any atom is 0.209 e. The summed E-state index contributed by atoms with van der Waals surface area (Å²) in [7, 11) is 0. The molecule has 0 amide bonds.